The van der Waals surface area contributed by atoms with Crippen LogP contribution in [0.4, 0.5) is 0 Å². The van der Waals surface area contributed by atoms with Gasteiger partial charge in [-0.25, -0.2) is 4.79 Å². The molecule has 1 amide bonds. The number of benzene rings is 1. The zero-order chi connectivity index (χ0) is 19.2. The van der Waals surface area contributed by atoms with Crippen molar-refractivity contribution in [1.82, 2.24) is 5.32 Å². The number of hydrogen-bond donors (Lipinski definition) is 1. The van der Waals surface area contributed by atoms with Crippen LogP contribution in [-0.2, 0) is 15.3 Å². The van der Waals surface area contributed by atoms with E-state index in [2.05, 4.69) is 5.32 Å². The molecule has 2 aromatic rings. The van der Waals surface area contributed by atoms with Crippen LogP contribution in [0.15, 0.2) is 28.7 Å². The lowest BCUT2D eigenvalue weighted by Gasteiger charge is -2.20. The van der Waals surface area contributed by atoms with E-state index in [4.69, 9.17) is 9.15 Å². The van der Waals surface area contributed by atoms with Gasteiger partial charge in [0, 0.05) is 28.0 Å². The smallest absolute Gasteiger partial charge is 0.375 e. The number of fused-ring (bicyclic) bond motifs is 1. The number of carbonyl (C=O) groups is 2. The first-order valence-electron chi connectivity index (χ1n) is 9.63. The van der Waals surface area contributed by atoms with Crippen LogP contribution in [0.5, 0.6) is 0 Å². The Kier molecular flexibility index (Phi) is 6.83. The van der Waals surface area contributed by atoms with Gasteiger partial charge in [-0.15, -0.1) is 0 Å². The van der Waals surface area contributed by atoms with Crippen molar-refractivity contribution in [3.63, 3.8) is 0 Å². The lowest BCUT2D eigenvalue weighted by atomic mass is 10.0. The molecule has 0 atom stereocenters. The summed E-state index contributed by atoms with van der Waals surface area (Å²) in [6, 6.07) is 7.65. The number of para-hydroxylation sites is 1. The van der Waals surface area contributed by atoms with Crippen molar-refractivity contribution in [2.45, 2.75) is 63.0 Å². The standard InChI is InChI=1S/C21H27NO4S/c1-14(2)22-19(23)12-25-21(24)20-17(13-27-15-8-4-3-5-9-15)16-10-6-7-11-18(16)26-20/h6-7,10-11,14-15H,3-5,8-9,12-13H2,1-2H3,(H,22,23). The van der Waals surface area contributed by atoms with Gasteiger partial charge in [-0.3, -0.25) is 4.79 Å². The summed E-state index contributed by atoms with van der Waals surface area (Å²) in [5.41, 5.74) is 1.55. The molecule has 0 unspecified atom stereocenters. The molecule has 27 heavy (non-hydrogen) atoms. The van der Waals surface area contributed by atoms with Crippen molar-refractivity contribution in [3.05, 3.63) is 35.6 Å². The fourth-order valence-electron chi connectivity index (χ4n) is 3.40. The molecular weight excluding hydrogens is 362 g/mol. The highest BCUT2D eigenvalue weighted by atomic mass is 32.2. The van der Waals surface area contributed by atoms with Crippen LogP contribution in [0.1, 0.15) is 62.1 Å². The second kappa shape index (κ2) is 9.31. The third kappa shape index (κ3) is 5.28. The van der Waals surface area contributed by atoms with Gasteiger partial charge in [-0.2, -0.15) is 11.8 Å². The Bertz CT molecular complexity index is 793. The fourth-order valence-corrected chi connectivity index (χ4v) is 4.76. The van der Waals surface area contributed by atoms with Crippen LogP contribution in [-0.4, -0.2) is 29.8 Å². The number of ether oxygens (including phenoxy) is 1. The second-order valence-corrected chi connectivity index (χ2v) is 8.56. The highest BCUT2D eigenvalue weighted by molar-refractivity contribution is 7.99. The van der Waals surface area contributed by atoms with Crippen LogP contribution in [0.2, 0.25) is 0 Å². The van der Waals surface area contributed by atoms with Crippen molar-refractivity contribution in [2.24, 2.45) is 0 Å². The molecule has 6 heteroatoms. The predicted molar refractivity (Wildman–Crippen MR) is 108 cm³/mol. The summed E-state index contributed by atoms with van der Waals surface area (Å²) in [5.74, 6) is 0.0402. The van der Waals surface area contributed by atoms with Crippen LogP contribution in [0.3, 0.4) is 0 Å². The van der Waals surface area contributed by atoms with Gasteiger partial charge < -0.3 is 14.5 Å². The molecule has 3 rings (SSSR count). The van der Waals surface area contributed by atoms with E-state index in [1.165, 1.54) is 32.1 Å². The molecule has 0 bridgehead atoms. The molecule has 5 nitrogen and oxygen atoms in total. The molecule has 0 radical (unpaired) electrons. The van der Waals surface area contributed by atoms with Crippen LogP contribution in [0, 0.1) is 0 Å². The van der Waals surface area contributed by atoms with Gasteiger partial charge in [0.2, 0.25) is 5.76 Å². The SMILES string of the molecule is CC(C)NC(=O)COC(=O)c1oc2ccccc2c1CSC1CCCCC1. The molecule has 1 saturated carbocycles. The predicted octanol–water partition coefficient (Wildman–Crippen LogP) is 4.68. The van der Waals surface area contributed by atoms with Gasteiger partial charge in [0.15, 0.2) is 6.61 Å². The van der Waals surface area contributed by atoms with Crippen molar-refractivity contribution in [3.8, 4) is 0 Å². The van der Waals surface area contributed by atoms with Gasteiger partial charge in [-0.05, 0) is 32.8 Å². The van der Waals surface area contributed by atoms with Crippen molar-refractivity contribution >= 4 is 34.6 Å². The van der Waals surface area contributed by atoms with Crippen molar-refractivity contribution in [2.75, 3.05) is 6.61 Å². The number of amides is 1. The Morgan fingerprint density at radius 1 is 1.22 bits per heavy atom. The Morgan fingerprint density at radius 2 is 1.96 bits per heavy atom. The topological polar surface area (TPSA) is 68.5 Å². The van der Waals surface area contributed by atoms with Gasteiger partial charge in [-0.1, -0.05) is 37.5 Å². The average molecular weight is 390 g/mol. The Labute approximate surface area is 164 Å². The lowest BCUT2D eigenvalue weighted by molar-refractivity contribution is -0.124. The molecule has 1 aliphatic rings. The summed E-state index contributed by atoms with van der Waals surface area (Å²) >= 11 is 1.89. The van der Waals surface area contributed by atoms with E-state index in [9.17, 15) is 9.59 Å². The lowest BCUT2D eigenvalue weighted by Crippen LogP contribution is -2.34. The minimum absolute atomic E-state index is 0.00450. The molecule has 1 aromatic heterocycles. The molecule has 1 aliphatic carbocycles. The fraction of sp³-hybridized carbons (Fsp3) is 0.524. The molecule has 0 spiro atoms. The van der Waals surface area contributed by atoms with E-state index in [0.717, 1.165) is 10.9 Å². The van der Waals surface area contributed by atoms with Crippen LogP contribution in [0.25, 0.3) is 11.0 Å². The van der Waals surface area contributed by atoms with Crippen LogP contribution >= 0.6 is 11.8 Å². The molecule has 146 valence electrons. The van der Waals surface area contributed by atoms with Crippen LogP contribution < -0.4 is 5.32 Å². The van der Waals surface area contributed by atoms with E-state index >= 15 is 0 Å². The quantitative estimate of drug-likeness (QED) is 0.696. The number of rotatable bonds is 7. The maximum atomic E-state index is 12.6. The summed E-state index contributed by atoms with van der Waals surface area (Å²) in [5, 5.41) is 4.28. The third-order valence-corrected chi connectivity index (χ3v) is 6.08. The molecule has 1 aromatic carbocycles. The highest BCUT2D eigenvalue weighted by Gasteiger charge is 2.24. The second-order valence-electron chi connectivity index (χ2n) is 7.28. The van der Waals surface area contributed by atoms with E-state index < -0.39 is 5.97 Å². The van der Waals surface area contributed by atoms with Gasteiger partial charge in [0.05, 0.1) is 0 Å². The Hall–Kier alpha value is -1.95. The number of carbonyl (C=O) groups excluding carboxylic acids is 2. The minimum atomic E-state index is -0.579. The summed E-state index contributed by atoms with van der Waals surface area (Å²) < 4.78 is 11.0. The Balaban J connectivity index is 1.73. The van der Waals surface area contributed by atoms with Gasteiger partial charge in [0.25, 0.3) is 5.91 Å². The van der Waals surface area contributed by atoms with Gasteiger partial charge in [0.1, 0.15) is 5.58 Å². The summed E-state index contributed by atoms with van der Waals surface area (Å²) in [7, 11) is 0. The molecule has 0 aliphatic heterocycles. The molecule has 1 heterocycles. The number of thioether (sulfide) groups is 1. The largest absolute Gasteiger partial charge is 0.450 e. The minimum Gasteiger partial charge on any atom is -0.450 e. The monoisotopic (exact) mass is 389 g/mol. The zero-order valence-corrected chi connectivity index (χ0v) is 16.8. The molecular formula is C21H27NO4S. The molecule has 0 saturated heterocycles. The van der Waals surface area contributed by atoms with E-state index in [1.807, 2.05) is 49.9 Å². The summed E-state index contributed by atoms with van der Waals surface area (Å²) in [6.45, 7) is 3.42. The number of furan rings is 1. The highest BCUT2D eigenvalue weighted by Crippen LogP contribution is 2.35. The number of hydrogen-bond acceptors (Lipinski definition) is 5. The zero-order valence-electron chi connectivity index (χ0n) is 16.0. The van der Waals surface area contributed by atoms with Crippen molar-refractivity contribution < 1.29 is 18.7 Å². The number of esters is 1. The molecule has 1 N–H and O–H groups in total. The first-order chi connectivity index (χ1) is 13.0. The Morgan fingerprint density at radius 3 is 2.70 bits per heavy atom. The van der Waals surface area contributed by atoms with E-state index in [0.29, 0.717) is 16.6 Å². The maximum Gasteiger partial charge on any atom is 0.375 e. The van der Waals surface area contributed by atoms with E-state index in [1.54, 1.807) is 0 Å². The summed E-state index contributed by atoms with van der Waals surface area (Å²) in [4.78, 5) is 24.3. The third-order valence-electron chi connectivity index (χ3n) is 4.68. The normalized spacial score (nSPS) is 15.2. The first-order valence-corrected chi connectivity index (χ1v) is 10.7. The van der Waals surface area contributed by atoms with E-state index in [-0.39, 0.29) is 24.3 Å². The average Bonchev–Trinajstić information content (AvgIpc) is 3.03. The van der Waals surface area contributed by atoms with Gasteiger partial charge >= 0.3 is 5.97 Å². The van der Waals surface area contributed by atoms with Crippen molar-refractivity contribution in [1.29, 1.82) is 0 Å². The maximum absolute atomic E-state index is 12.6. The number of nitrogens with one attached hydrogen (secondary N) is 1. The molecule has 1 fully saturated rings. The first kappa shape index (κ1) is 19.8. The summed E-state index contributed by atoms with van der Waals surface area (Å²) in [6.07, 6.45) is 6.35.